The number of aromatic nitrogens is 1. The van der Waals surface area contributed by atoms with E-state index < -0.39 is 0 Å². The molecule has 1 saturated heterocycles. The molecule has 0 radical (unpaired) electrons. The van der Waals surface area contributed by atoms with Gasteiger partial charge in [-0.15, -0.1) is 0 Å². The van der Waals surface area contributed by atoms with Crippen molar-refractivity contribution in [2.45, 2.75) is 52.1 Å². The average molecular weight is 248 g/mol. The Kier molecular flexibility index (Phi) is 4.72. The number of rotatable bonds is 5. The molecular formula is C15H24N2O. The highest BCUT2D eigenvalue weighted by Crippen LogP contribution is 2.27. The minimum Gasteiger partial charge on any atom is -0.381 e. The molecule has 0 aliphatic carbocycles. The van der Waals surface area contributed by atoms with Crippen LogP contribution in [0.15, 0.2) is 12.1 Å². The van der Waals surface area contributed by atoms with E-state index in [4.69, 9.17) is 9.72 Å². The number of ether oxygens (including phenoxy) is 1. The van der Waals surface area contributed by atoms with Crippen LogP contribution in [0.1, 0.15) is 50.1 Å². The summed E-state index contributed by atoms with van der Waals surface area (Å²) in [4.78, 5) is 4.79. The first-order valence-electron chi connectivity index (χ1n) is 7.00. The number of nitrogens with one attached hydrogen (secondary N) is 1. The second kappa shape index (κ2) is 6.30. The molecule has 0 unspecified atom stereocenters. The zero-order valence-corrected chi connectivity index (χ0v) is 11.7. The largest absolute Gasteiger partial charge is 0.381 e. The maximum atomic E-state index is 5.50. The summed E-state index contributed by atoms with van der Waals surface area (Å²) < 4.78 is 5.50. The second-order valence-corrected chi connectivity index (χ2v) is 5.29. The van der Waals surface area contributed by atoms with E-state index in [1.807, 2.05) is 0 Å². The number of hydrogen-bond acceptors (Lipinski definition) is 3. The zero-order chi connectivity index (χ0) is 13.0. The van der Waals surface area contributed by atoms with E-state index in [0.29, 0.717) is 12.0 Å². The maximum absolute atomic E-state index is 5.50. The Hall–Kier alpha value is -0.930. The molecule has 1 aliphatic heterocycles. The van der Waals surface area contributed by atoms with E-state index in [1.165, 1.54) is 17.0 Å². The smallest absolute Gasteiger partial charge is 0.0580 e. The third kappa shape index (κ3) is 3.30. The molecule has 1 atom stereocenters. The van der Waals surface area contributed by atoms with Crippen molar-refractivity contribution in [3.05, 3.63) is 29.1 Å². The Morgan fingerprint density at radius 2 is 2.28 bits per heavy atom. The Bertz CT molecular complexity index is 384. The van der Waals surface area contributed by atoms with Gasteiger partial charge in [-0.2, -0.15) is 0 Å². The summed E-state index contributed by atoms with van der Waals surface area (Å²) in [7, 11) is 0. The van der Waals surface area contributed by atoms with Crippen LogP contribution in [0.3, 0.4) is 0 Å². The first-order valence-corrected chi connectivity index (χ1v) is 7.00. The summed E-state index contributed by atoms with van der Waals surface area (Å²) in [5.74, 6) is 0.535. The number of aryl methyl sites for hydroxylation is 1. The molecular weight excluding hydrogens is 224 g/mol. The molecule has 1 aromatic heterocycles. The first-order chi connectivity index (χ1) is 8.70. The SMILES string of the molecule is CCc1ccc([C@@H]2CCOC2)c(CNC(C)C)n1. The highest BCUT2D eigenvalue weighted by Gasteiger charge is 2.21. The lowest BCUT2D eigenvalue weighted by Crippen LogP contribution is -2.24. The van der Waals surface area contributed by atoms with Gasteiger partial charge in [-0.1, -0.05) is 26.8 Å². The molecule has 1 aliphatic rings. The van der Waals surface area contributed by atoms with Crippen molar-refractivity contribution >= 4 is 0 Å². The molecule has 1 N–H and O–H groups in total. The molecule has 0 bridgehead atoms. The normalized spacial score (nSPS) is 19.7. The average Bonchev–Trinajstić information content (AvgIpc) is 2.89. The van der Waals surface area contributed by atoms with Crippen LogP contribution in [0.25, 0.3) is 0 Å². The van der Waals surface area contributed by atoms with E-state index in [-0.39, 0.29) is 0 Å². The number of pyridine rings is 1. The van der Waals surface area contributed by atoms with Crippen LogP contribution in [-0.2, 0) is 17.7 Å². The Morgan fingerprint density at radius 1 is 1.44 bits per heavy atom. The molecule has 0 amide bonds. The number of hydrogen-bond donors (Lipinski definition) is 1. The van der Waals surface area contributed by atoms with Crippen LogP contribution in [0.4, 0.5) is 0 Å². The van der Waals surface area contributed by atoms with Gasteiger partial charge in [0.2, 0.25) is 0 Å². The van der Waals surface area contributed by atoms with E-state index in [9.17, 15) is 0 Å². The molecule has 0 aromatic carbocycles. The summed E-state index contributed by atoms with van der Waals surface area (Å²) in [5, 5.41) is 3.47. The van der Waals surface area contributed by atoms with Gasteiger partial charge in [0.25, 0.3) is 0 Å². The van der Waals surface area contributed by atoms with Gasteiger partial charge in [0, 0.05) is 30.8 Å². The molecule has 1 aromatic rings. The summed E-state index contributed by atoms with van der Waals surface area (Å²) in [6.07, 6.45) is 2.12. The highest BCUT2D eigenvalue weighted by molar-refractivity contribution is 5.27. The summed E-state index contributed by atoms with van der Waals surface area (Å²) in [5.41, 5.74) is 3.76. The van der Waals surface area contributed by atoms with Gasteiger partial charge in [0.15, 0.2) is 0 Å². The van der Waals surface area contributed by atoms with Gasteiger partial charge >= 0.3 is 0 Å². The fourth-order valence-corrected chi connectivity index (χ4v) is 2.35. The molecule has 2 heterocycles. The van der Waals surface area contributed by atoms with Crippen molar-refractivity contribution in [1.29, 1.82) is 0 Å². The van der Waals surface area contributed by atoms with Crippen LogP contribution in [0.5, 0.6) is 0 Å². The third-order valence-electron chi connectivity index (χ3n) is 3.48. The summed E-state index contributed by atoms with van der Waals surface area (Å²) in [6, 6.07) is 4.90. The van der Waals surface area contributed by atoms with Crippen LogP contribution < -0.4 is 5.32 Å². The molecule has 3 nitrogen and oxygen atoms in total. The zero-order valence-electron chi connectivity index (χ0n) is 11.7. The lowest BCUT2D eigenvalue weighted by atomic mass is 9.96. The highest BCUT2D eigenvalue weighted by atomic mass is 16.5. The van der Waals surface area contributed by atoms with Crippen LogP contribution in [0.2, 0.25) is 0 Å². The molecule has 0 saturated carbocycles. The fraction of sp³-hybridized carbons (Fsp3) is 0.667. The Morgan fingerprint density at radius 3 is 2.89 bits per heavy atom. The van der Waals surface area contributed by atoms with Crippen molar-refractivity contribution in [3.63, 3.8) is 0 Å². The van der Waals surface area contributed by atoms with Crippen molar-refractivity contribution < 1.29 is 4.74 Å². The predicted molar refractivity (Wildman–Crippen MR) is 73.8 cm³/mol. The lowest BCUT2D eigenvalue weighted by molar-refractivity contribution is 0.193. The first kappa shape index (κ1) is 13.5. The van der Waals surface area contributed by atoms with Crippen LogP contribution in [-0.4, -0.2) is 24.2 Å². The summed E-state index contributed by atoms with van der Waals surface area (Å²) >= 11 is 0. The van der Waals surface area contributed by atoms with Gasteiger partial charge in [-0.25, -0.2) is 0 Å². The quantitative estimate of drug-likeness (QED) is 0.870. The van der Waals surface area contributed by atoms with Gasteiger partial charge in [0.05, 0.1) is 12.3 Å². The number of nitrogens with zero attached hydrogens (tertiary/aromatic N) is 1. The second-order valence-electron chi connectivity index (χ2n) is 5.29. The van der Waals surface area contributed by atoms with Gasteiger partial charge in [-0.05, 0) is 24.5 Å². The minimum atomic E-state index is 0.491. The predicted octanol–water partition coefficient (Wildman–Crippen LogP) is 2.65. The van der Waals surface area contributed by atoms with Gasteiger partial charge in [-0.3, -0.25) is 4.98 Å². The third-order valence-corrected chi connectivity index (χ3v) is 3.48. The van der Waals surface area contributed by atoms with Crippen molar-refractivity contribution in [1.82, 2.24) is 10.3 Å². The topological polar surface area (TPSA) is 34.1 Å². The monoisotopic (exact) mass is 248 g/mol. The summed E-state index contributed by atoms with van der Waals surface area (Å²) in [6.45, 7) is 9.08. The van der Waals surface area contributed by atoms with Gasteiger partial charge < -0.3 is 10.1 Å². The molecule has 0 spiro atoms. The van der Waals surface area contributed by atoms with E-state index in [2.05, 4.69) is 38.2 Å². The van der Waals surface area contributed by atoms with Crippen LogP contribution in [0, 0.1) is 0 Å². The molecule has 3 heteroatoms. The van der Waals surface area contributed by atoms with Gasteiger partial charge in [0.1, 0.15) is 0 Å². The Labute approximate surface area is 110 Å². The Balaban J connectivity index is 2.20. The van der Waals surface area contributed by atoms with E-state index in [1.54, 1.807) is 0 Å². The van der Waals surface area contributed by atoms with E-state index in [0.717, 1.165) is 32.6 Å². The van der Waals surface area contributed by atoms with E-state index >= 15 is 0 Å². The molecule has 100 valence electrons. The standard InChI is InChI=1S/C15H24N2O/c1-4-13-5-6-14(12-7-8-18-10-12)15(17-13)9-16-11(2)3/h5-6,11-12,16H,4,7-10H2,1-3H3/t12-/m1/s1. The fourth-order valence-electron chi connectivity index (χ4n) is 2.35. The molecule has 2 rings (SSSR count). The van der Waals surface area contributed by atoms with Crippen molar-refractivity contribution in [3.8, 4) is 0 Å². The van der Waals surface area contributed by atoms with Crippen molar-refractivity contribution in [2.75, 3.05) is 13.2 Å². The molecule has 18 heavy (non-hydrogen) atoms. The maximum Gasteiger partial charge on any atom is 0.0580 e. The minimum absolute atomic E-state index is 0.491. The lowest BCUT2D eigenvalue weighted by Gasteiger charge is -2.16. The van der Waals surface area contributed by atoms with Crippen molar-refractivity contribution in [2.24, 2.45) is 0 Å². The van der Waals surface area contributed by atoms with Crippen LogP contribution >= 0.6 is 0 Å². The molecule has 1 fully saturated rings.